The molecule has 0 aliphatic carbocycles. The number of phenolic OH excluding ortho intramolecular Hbond substituents is 1. The molecule has 1 aliphatic rings. The van der Waals surface area contributed by atoms with E-state index in [2.05, 4.69) is 34.4 Å². The second-order valence-electron chi connectivity index (χ2n) is 13.3. The molecule has 1 fully saturated rings. The summed E-state index contributed by atoms with van der Waals surface area (Å²) in [6.45, 7) is 0.257. The van der Waals surface area contributed by atoms with Gasteiger partial charge >= 0.3 is 23.5 Å². The number of amides is 2. The number of aliphatic hydroxyl groups excluding tert-OH is 2. The number of nitrogens with two attached hydrogens (primary N) is 2. The number of ether oxygens (including phenoxy) is 1. The highest BCUT2D eigenvalue weighted by molar-refractivity contribution is 8.13. The Morgan fingerprint density at radius 2 is 1.68 bits per heavy atom. The maximum Gasteiger partial charge on any atom is 0.481 e. The number of anilines is 1. The number of thioether (sulfide) groups is 1. The molecule has 328 valence electrons. The predicted octanol–water partition coefficient (Wildman–Crippen LogP) is -0.930. The highest BCUT2D eigenvalue weighted by atomic mass is 32.2. The number of nitrogens with one attached hydrogen (secondary N) is 2. The predicted molar refractivity (Wildman–Crippen MR) is 202 cm³/mol. The monoisotopic (exact) mass is 916 g/mol. The van der Waals surface area contributed by atoms with Crippen LogP contribution in [0.5, 0.6) is 5.75 Å². The summed E-state index contributed by atoms with van der Waals surface area (Å²) in [5.41, 5.74) is 10.6. The Morgan fingerprint density at radius 1 is 1.02 bits per heavy atom. The molecule has 8 atom stereocenters. The molecule has 13 N–H and O–H groups in total. The summed E-state index contributed by atoms with van der Waals surface area (Å²) in [6.07, 6.45) is -7.06. The smallest absolute Gasteiger partial charge is 0.481 e. The third-order valence-electron chi connectivity index (χ3n) is 8.25. The molecule has 0 saturated carbocycles. The lowest BCUT2D eigenvalue weighted by Gasteiger charge is -2.30. The van der Waals surface area contributed by atoms with Crippen LogP contribution in [0.15, 0.2) is 36.9 Å². The van der Waals surface area contributed by atoms with Gasteiger partial charge in [-0.25, -0.2) is 28.6 Å². The van der Waals surface area contributed by atoms with Crippen LogP contribution in [0.4, 0.5) is 5.82 Å². The van der Waals surface area contributed by atoms with Crippen molar-refractivity contribution in [1.82, 2.24) is 30.2 Å². The van der Waals surface area contributed by atoms with E-state index < -0.39 is 90.6 Å². The number of aromatic nitrogens is 4. The van der Waals surface area contributed by atoms with E-state index in [-0.39, 0.29) is 53.1 Å². The number of carbonyl (C=O) groups excluding carboxylic acids is 3. The number of nitrogens with zero attached hydrogens (tertiary/aromatic N) is 4. The van der Waals surface area contributed by atoms with Gasteiger partial charge in [-0.1, -0.05) is 37.7 Å². The Labute approximate surface area is 338 Å². The molecule has 1 aromatic carbocycles. The Morgan fingerprint density at radius 3 is 2.34 bits per heavy atom. The Hall–Kier alpha value is -3.46. The number of benzene rings is 1. The zero-order valence-corrected chi connectivity index (χ0v) is 34.5. The van der Waals surface area contributed by atoms with Crippen molar-refractivity contribution in [3.8, 4) is 5.75 Å². The van der Waals surface area contributed by atoms with Crippen LogP contribution in [0, 0.1) is 5.41 Å². The lowest BCUT2D eigenvalue weighted by atomic mass is 9.87. The number of aromatic hydroxyl groups is 1. The maximum absolute atomic E-state index is 12.7. The number of nitrogen functional groups attached to an aromatic ring is 1. The first-order chi connectivity index (χ1) is 27.4. The van der Waals surface area contributed by atoms with Gasteiger partial charge in [0.1, 0.15) is 42.0 Å². The number of fused-ring (bicyclic) bond motifs is 1. The van der Waals surface area contributed by atoms with Crippen molar-refractivity contribution in [2.24, 2.45) is 11.1 Å². The van der Waals surface area contributed by atoms with Crippen LogP contribution < -0.4 is 22.1 Å². The normalized spacial score (nSPS) is 21.6. The van der Waals surface area contributed by atoms with E-state index >= 15 is 0 Å². The van der Waals surface area contributed by atoms with Gasteiger partial charge < -0.3 is 61.7 Å². The third kappa shape index (κ3) is 13.8. The molecular weight excluding hydrogens is 873 g/mol. The lowest BCUT2D eigenvalue weighted by molar-refractivity contribution is -0.137. The molecule has 3 aromatic rings. The molecule has 0 radical (unpaired) electrons. The van der Waals surface area contributed by atoms with Gasteiger partial charge in [-0.15, -0.1) is 0 Å². The van der Waals surface area contributed by atoms with E-state index in [1.54, 1.807) is 0 Å². The fourth-order valence-corrected chi connectivity index (χ4v) is 8.74. The molecular formula is C29H43N8O18P3S. The van der Waals surface area contributed by atoms with Crippen LogP contribution in [-0.2, 0) is 50.7 Å². The van der Waals surface area contributed by atoms with Crippen LogP contribution in [0.25, 0.3) is 11.2 Å². The first kappa shape index (κ1) is 48.2. The second-order valence-corrected chi connectivity index (χ2v) is 18.6. The van der Waals surface area contributed by atoms with E-state index in [4.69, 9.17) is 25.3 Å². The van der Waals surface area contributed by atoms with Gasteiger partial charge in [-0.05, 0) is 17.7 Å². The Balaban J connectivity index is 1.21. The number of phenols is 1. The van der Waals surface area contributed by atoms with Gasteiger partial charge in [0.15, 0.2) is 17.7 Å². The molecule has 1 saturated heterocycles. The van der Waals surface area contributed by atoms with Crippen LogP contribution in [0.1, 0.15) is 38.1 Å². The highest BCUT2D eigenvalue weighted by Crippen LogP contribution is 2.61. The maximum atomic E-state index is 12.7. The molecule has 0 bridgehead atoms. The molecule has 59 heavy (non-hydrogen) atoms. The van der Waals surface area contributed by atoms with Gasteiger partial charge in [-0.2, -0.15) is 4.31 Å². The molecule has 0 spiro atoms. The summed E-state index contributed by atoms with van der Waals surface area (Å²) in [4.78, 5) is 88.1. The average molecular weight is 917 g/mol. The number of carbonyl (C=O) groups is 3. The summed E-state index contributed by atoms with van der Waals surface area (Å²) < 4.78 is 62.1. The number of hydrogen-bond acceptors (Lipinski definition) is 20. The summed E-state index contributed by atoms with van der Waals surface area (Å²) in [6, 6.07) is 4.88. The standard InChI is InChI=1S/C29H43N8O18P3S/c1-29(2,23(41)26(42)33-8-7-18(39)32-9-10-59-28(43)19(30)15-3-5-16(38)6-4-15)12-52-58(49,50)55-57(47,48)51-11-17-22(54-56(44,45)46)21(40)27(53-17)37-14-36-20-24(31)34-13-35-25(20)37/h3-6,13-14,17,19,21-23,27,38,40-41H,7-12,30H2,1-2H3,(H,32,39)(H,33,42)(H,47,48)(H,49,50)(H2,31,34,35)(H2,44,45,46). The summed E-state index contributed by atoms with van der Waals surface area (Å²) in [7, 11) is -16.4. The molecule has 8 unspecified atom stereocenters. The largest absolute Gasteiger partial charge is 0.508 e. The van der Waals surface area contributed by atoms with Crippen molar-refractivity contribution in [3.63, 3.8) is 0 Å². The molecule has 3 heterocycles. The van der Waals surface area contributed by atoms with Gasteiger partial charge in [-0.3, -0.25) is 32.5 Å². The van der Waals surface area contributed by atoms with Crippen molar-refractivity contribution < 1.29 is 85.6 Å². The minimum Gasteiger partial charge on any atom is -0.508 e. The number of rotatable bonds is 21. The number of imidazole rings is 1. The fraction of sp³-hybridized carbons (Fsp3) is 0.517. The number of aliphatic hydroxyl groups is 2. The minimum absolute atomic E-state index is 0.0207. The molecule has 30 heteroatoms. The van der Waals surface area contributed by atoms with Crippen molar-refractivity contribution in [2.75, 3.05) is 37.8 Å². The number of hydrogen-bond donors (Lipinski definition) is 11. The molecule has 4 rings (SSSR count). The van der Waals surface area contributed by atoms with E-state index in [1.165, 1.54) is 38.1 Å². The SMILES string of the molecule is CC(C)(COP(=O)(O)OP(=O)(O)OCC1OC(n2cnc3c(N)ncnc32)C(O)C1OP(=O)(O)O)C(O)C(=O)NCCC(=O)NCCSC(=O)C(N)c1ccc(O)cc1. The van der Waals surface area contributed by atoms with Crippen LogP contribution >= 0.6 is 35.2 Å². The first-order valence-electron chi connectivity index (χ1n) is 17.0. The van der Waals surface area contributed by atoms with Gasteiger partial charge in [0.25, 0.3) is 0 Å². The third-order valence-corrected chi connectivity index (χ3v) is 12.3. The summed E-state index contributed by atoms with van der Waals surface area (Å²) >= 11 is 0.890. The minimum atomic E-state index is -5.59. The zero-order chi connectivity index (χ0) is 43.9. The highest BCUT2D eigenvalue weighted by Gasteiger charge is 2.50. The number of phosphoric ester groups is 3. The van der Waals surface area contributed by atoms with Crippen molar-refractivity contribution in [3.05, 3.63) is 42.5 Å². The molecule has 2 aromatic heterocycles. The van der Waals surface area contributed by atoms with E-state index in [0.29, 0.717) is 5.56 Å². The van der Waals surface area contributed by atoms with Gasteiger partial charge in [0.05, 0.1) is 25.6 Å². The Bertz CT molecular complexity index is 2110. The van der Waals surface area contributed by atoms with E-state index in [0.717, 1.165) is 29.0 Å². The first-order valence-corrected chi connectivity index (χ1v) is 22.5. The molecule has 2 amide bonds. The Kier molecular flexibility index (Phi) is 16.3. The van der Waals surface area contributed by atoms with Gasteiger partial charge in [0, 0.05) is 30.7 Å². The van der Waals surface area contributed by atoms with E-state index in [1.807, 2.05) is 0 Å². The van der Waals surface area contributed by atoms with Crippen LogP contribution in [0.3, 0.4) is 0 Å². The van der Waals surface area contributed by atoms with Crippen molar-refractivity contribution in [1.29, 1.82) is 0 Å². The second kappa shape index (κ2) is 19.9. The van der Waals surface area contributed by atoms with Crippen molar-refractivity contribution >= 4 is 69.1 Å². The van der Waals surface area contributed by atoms with Crippen LogP contribution in [0.2, 0.25) is 0 Å². The average Bonchev–Trinajstić information content (AvgIpc) is 3.71. The topological polar surface area (TPSA) is 410 Å². The molecule has 26 nitrogen and oxygen atoms in total. The summed E-state index contributed by atoms with van der Waals surface area (Å²) in [5, 5.41) is 35.3. The van der Waals surface area contributed by atoms with Crippen molar-refractivity contribution in [2.45, 2.75) is 57.0 Å². The quantitative estimate of drug-likeness (QED) is 0.0454. The lowest BCUT2D eigenvalue weighted by Crippen LogP contribution is -2.46. The number of phosphoric acid groups is 3. The van der Waals surface area contributed by atoms with E-state index in [9.17, 15) is 63.0 Å². The van der Waals surface area contributed by atoms with Crippen LogP contribution in [-0.4, -0.2) is 128 Å². The molecule has 1 aliphatic heterocycles. The summed E-state index contributed by atoms with van der Waals surface area (Å²) in [5.74, 6) is -1.35. The zero-order valence-electron chi connectivity index (χ0n) is 31.0. The fourth-order valence-electron chi connectivity index (χ4n) is 5.19. The van der Waals surface area contributed by atoms with Gasteiger partial charge in [0.2, 0.25) is 16.9 Å².